The zero-order valence-corrected chi connectivity index (χ0v) is 11.7. The van der Waals surface area contributed by atoms with Gasteiger partial charge in [0.2, 0.25) is 10.0 Å². The number of sulfonamides is 1. The van der Waals surface area contributed by atoms with E-state index in [1.807, 2.05) is 0 Å². The van der Waals surface area contributed by atoms with Crippen LogP contribution >= 0.6 is 11.3 Å². The number of carbonyl (C=O) groups excluding carboxylic acids is 1. The summed E-state index contributed by atoms with van der Waals surface area (Å²) in [5.41, 5.74) is 0.684. The van der Waals surface area contributed by atoms with Gasteiger partial charge in [0.05, 0.1) is 11.4 Å². The van der Waals surface area contributed by atoms with Crippen molar-refractivity contribution in [1.82, 2.24) is 10.3 Å². The summed E-state index contributed by atoms with van der Waals surface area (Å²) in [6, 6.07) is 0. The fourth-order valence-electron chi connectivity index (χ4n) is 1.73. The summed E-state index contributed by atoms with van der Waals surface area (Å²) >= 11 is 1.10. The second-order valence-electron chi connectivity index (χ2n) is 4.08. The van der Waals surface area contributed by atoms with Crippen molar-refractivity contribution in [3.8, 4) is 0 Å². The van der Waals surface area contributed by atoms with Gasteiger partial charge >= 0.3 is 0 Å². The van der Waals surface area contributed by atoms with Crippen LogP contribution < -0.4 is 10.0 Å². The number of nitrogens with zero attached hydrogens (tertiary/aromatic N) is 1. The number of nitrogens with one attached hydrogen (secondary N) is 2. The Bertz CT molecular complexity index is 551. The normalized spacial score (nSPS) is 15.7. The lowest BCUT2D eigenvalue weighted by molar-refractivity contribution is 0.0960. The summed E-state index contributed by atoms with van der Waals surface area (Å²) in [4.78, 5) is 16.4. The number of rotatable bonds is 4. The van der Waals surface area contributed by atoms with Gasteiger partial charge in [0.1, 0.15) is 4.88 Å². The van der Waals surface area contributed by atoms with Gasteiger partial charge < -0.3 is 5.32 Å². The van der Waals surface area contributed by atoms with Gasteiger partial charge in [-0.25, -0.2) is 13.4 Å². The van der Waals surface area contributed by atoms with Crippen LogP contribution in [-0.4, -0.2) is 31.6 Å². The molecule has 2 heterocycles. The molecule has 1 aliphatic heterocycles. The average Bonchev–Trinajstić information content (AvgIpc) is 2.58. The first kappa shape index (κ1) is 13.3. The van der Waals surface area contributed by atoms with E-state index >= 15 is 0 Å². The third-order valence-corrected chi connectivity index (χ3v) is 5.09. The summed E-state index contributed by atoms with van der Waals surface area (Å²) in [5, 5.41) is 3.04. The first-order valence-electron chi connectivity index (χ1n) is 5.80. The van der Waals surface area contributed by atoms with Gasteiger partial charge in [-0.15, -0.1) is 0 Å². The number of hydrogen-bond acceptors (Lipinski definition) is 5. The number of fused-ring (bicyclic) bond motifs is 1. The monoisotopic (exact) mass is 289 g/mol. The van der Waals surface area contributed by atoms with Crippen LogP contribution in [0, 0.1) is 0 Å². The lowest BCUT2D eigenvalue weighted by Gasteiger charge is -2.02. The minimum atomic E-state index is -3.34. The maximum Gasteiger partial charge on any atom is 0.263 e. The Balaban J connectivity index is 2.22. The largest absolute Gasteiger partial charge is 0.351 e. The molecule has 0 fully saturated rings. The number of anilines is 1. The molecule has 1 aromatic heterocycles. The van der Waals surface area contributed by atoms with Crippen molar-refractivity contribution in [2.75, 3.05) is 17.0 Å². The smallest absolute Gasteiger partial charge is 0.263 e. The summed E-state index contributed by atoms with van der Waals surface area (Å²) < 4.78 is 25.7. The van der Waals surface area contributed by atoms with E-state index in [2.05, 4.69) is 15.0 Å². The third-order valence-electron chi connectivity index (χ3n) is 2.50. The molecule has 1 amide bonds. The van der Waals surface area contributed by atoms with Crippen LogP contribution in [0.4, 0.5) is 5.13 Å². The molecule has 0 unspecified atom stereocenters. The lowest BCUT2D eigenvalue weighted by Crippen LogP contribution is -2.21. The molecule has 2 N–H and O–H groups in total. The molecule has 100 valence electrons. The van der Waals surface area contributed by atoms with Gasteiger partial charge in [-0.3, -0.25) is 9.52 Å². The molecule has 1 aromatic rings. The zero-order valence-electron chi connectivity index (χ0n) is 10.0. The van der Waals surface area contributed by atoms with Gasteiger partial charge in [0.25, 0.3) is 5.91 Å². The number of hydrogen-bond donors (Lipinski definition) is 2. The quantitative estimate of drug-likeness (QED) is 0.864. The molecule has 0 spiro atoms. The van der Waals surface area contributed by atoms with Crippen LogP contribution in [0.25, 0.3) is 0 Å². The summed E-state index contributed by atoms with van der Waals surface area (Å²) in [6.07, 6.45) is 2.06. The molecule has 0 aliphatic carbocycles. The van der Waals surface area contributed by atoms with Crippen molar-refractivity contribution in [1.29, 1.82) is 0 Å². The fourth-order valence-corrected chi connectivity index (χ4v) is 4.01. The van der Waals surface area contributed by atoms with E-state index in [0.717, 1.165) is 17.8 Å². The number of carbonyl (C=O) groups is 1. The molecule has 1 aliphatic rings. The second-order valence-corrected chi connectivity index (χ2v) is 6.92. The maximum absolute atomic E-state index is 11.7. The molecule has 8 heteroatoms. The topological polar surface area (TPSA) is 88.2 Å². The van der Waals surface area contributed by atoms with Crippen molar-refractivity contribution < 1.29 is 13.2 Å². The van der Waals surface area contributed by atoms with Crippen molar-refractivity contribution in [3.05, 3.63) is 10.6 Å². The molecule has 0 saturated heterocycles. The van der Waals surface area contributed by atoms with Crippen LogP contribution in [0.1, 0.15) is 35.1 Å². The Kier molecular flexibility index (Phi) is 3.86. The van der Waals surface area contributed by atoms with Crippen molar-refractivity contribution in [3.63, 3.8) is 0 Å². The number of amides is 1. The van der Waals surface area contributed by atoms with Gasteiger partial charge in [-0.1, -0.05) is 18.3 Å². The van der Waals surface area contributed by atoms with E-state index in [9.17, 15) is 13.2 Å². The highest BCUT2D eigenvalue weighted by molar-refractivity contribution is 7.92. The molecular weight excluding hydrogens is 274 g/mol. The highest BCUT2D eigenvalue weighted by Gasteiger charge is 2.22. The predicted octanol–water partition coefficient (Wildman–Crippen LogP) is 0.971. The molecule has 0 aromatic carbocycles. The second kappa shape index (κ2) is 5.23. The van der Waals surface area contributed by atoms with Crippen molar-refractivity contribution in [2.45, 2.75) is 26.2 Å². The van der Waals surface area contributed by atoms with Crippen LogP contribution in [-0.2, 0) is 16.4 Å². The van der Waals surface area contributed by atoms with E-state index in [0.29, 0.717) is 30.0 Å². The molecule has 0 bridgehead atoms. The first-order valence-corrected chi connectivity index (χ1v) is 8.27. The number of aromatic nitrogens is 1. The Morgan fingerprint density at radius 2 is 2.28 bits per heavy atom. The Morgan fingerprint density at radius 1 is 1.50 bits per heavy atom. The van der Waals surface area contributed by atoms with Crippen molar-refractivity contribution >= 4 is 32.4 Å². The summed E-state index contributed by atoms with van der Waals surface area (Å²) in [7, 11) is -3.34. The van der Waals surface area contributed by atoms with E-state index in [1.54, 1.807) is 6.92 Å². The molecule has 0 atom stereocenters. The summed E-state index contributed by atoms with van der Waals surface area (Å²) in [6.45, 7) is 2.43. The zero-order chi connectivity index (χ0) is 13.2. The highest BCUT2D eigenvalue weighted by Crippen LogP contribution is 2.26. The van der Waals surface area contributed by atoms with E-state index < -0.39 is 10.0 Å². The van der Waals surface area contributed by atoms with Gasteiger partial charge in [-0.2, -0.15) is 0 Å². The molecule has 18 heavy (non-hydrogen) atoms. The summed E-state index contributed by atoms with van der Waals surface area (Å²) in [5.74, 6) is -0.107. The lowest BCUT2D eigenvalue weighted by atomic mass is 10.2. The van der Waals surface area contributed by atoms with Crippen molar-refractivity contribution in [2.24, 2.45) is 0 Å². The van der Waals surface area contributed by atoms with Crippen LogP contribution in [0.3, 0.4) is 0 Å². The van der Waals surface area contributed by atoms with Crippen LogP contribution in [0.5, 0.6) is 0 Å². The van der Waals surface area contributed by atoms with Gasteiger partial charge in [0.15, 0.2) is 5.13 Å². The molecule has 0 radical (unpaired) electrons. The van der Waals surface area contributed by atoms with Gasteiger partial charge in [-0.05, 0) is 19.3 Å². The van der Waals surface area contributed by atoms with Crippen LogP contribution in [0.2, 0.25) is 0 Å². The highest BCUT2D eigenvalue weighted by atomic mass is 32.2. The van der Waals surface area contributed by atoms with E-state index in [-0.39, 0.29) is 16.8 Å². The fraction of sp³-hybridized carbons (Fsp3) is 0.600. The minimum Gasteiger partial charge on any atom is -0.351 e. The molecule has 6 nitrogen and oxygen atoms in total. The Labute approximate surface area is 110 Å². The SMILES string of the molecule is CCCS(=O)(=O)Nc1nc2c(s1)C(=O)NCCC2. The standard InChI is InChI=1S/C10H15N3O3S2/c1-2-6-18(15,16)13-10-12-7-4-3-5-11-9(14)8(7)17-10/h2-6H2,1H3,(H,11,14)(H,12,13). The molecule has 0 saturated carbocycles. The van der Waals surface area contributed by atoms with Crippen LogP contribution in [0.15, 0.2) is 0 Å². The van der Waals surface area contributed by atoms with Gasteiger partial charge in [0, 0.05) is 6.54 Å². The Hall–Kier alpha value is -1.15. The average molecular weight is 289 g/mol. The van der Waals surface area contributed by atoms with E-state index in [4.69, 9.17) is 0 Å². The predicted molar refractivity (Wildman–Crippen MR) is 70.5 cm³/mol. The van der Waals surface area contributed by atoms with E-state index in [1.165, 1.54) is 0 Å². The third kappa shape index (κ3) is 2.99. The first-order chi connectivity index (χ1) is 8.52. The molecular formula is C10H15N3O3S2. The number of thiazole rings is 1. The maximum atomic E-state index is 11.7. The number of aryl methyl sites for hydroxylation is 1. The minimum absolute atomic E-state index is 0.0590. The molecule has 2 rings (SSSR count). The Morgan fingerprint density at radius 3 is 3.00 bits per heavy atom.